The van der Waals surface area contributed by atoms with E-state index in [1.165, 1.54) is 0 Å². The Labute approximate surface area is 102 Å². The maximum absolute atomic E-state index is 10.0. The molecule has 1 heterocycles. The van der Waals surface area contributed by atoms with Gasteiger partial charge in [0.1, 0.15) is 0 Å². The Bertz CT molecular complexity index is 348. The van der Waals surface area contributed by atoms with Crippen molar-refractivity contribution in [3.05, 3.63) is 35.9 Å². The van der Waals surface area contributed by atoms with Crippen LogP contribution in [0.25, 0.3) is 0 Å². The molecule has 1 N–H and O–H groups in total. The van der Waals surface area contributed by atoms with E-state index in [2.05, 4.69) is 0 Å². The maximum Gasteiger partial charge on any atom is 0.163 e. The Hall–Kier alpha value is -0.900. The minimum Gasteiger partial charge on any atom is -0.388 e. The molecule has 1 aliphatic heterocycles. The van der Waals surface area contributed by atoms with E-state index >= 15 is 0 Å². The van der Waals surface area contributed by atoms with Gasteiger partial charge in [0, 0.05) is 0 Å². The molecule has 2 rings (SSSR count). The summed E-state index contributed by atoms with van der Waals surface area (Å²) in [5.74, 6) is -0.470. The average Bonchev–Trinajstić information content (AvgIpc) is 2.67. The summed E-state index contributed by atoms with van der Waals surface area (Å²) in [6.07, 6.45) is 1.21. The Balaban J connectivity index is 1.79. The van der Waals surface area contributed by atoms with Crippen molar-refractivity contribution >= 4 is 0 Å². The molecule has 1 aromatic rings. The van der Waals surface area contributed by atoms with E-state index in [-0.39, 0.29) is 6.10 Å². The molecule has 94 valence electrons. The number of aliphatic hydroxyl groups is 1. The van der Waals surface area contributed by atoms with Gasteiger partial charge in [-0.15, -0.1) is 0 Å². The van der Waals surface area contributed by atoms with Gasteiger partial charge in [-0.3, -0.25) is 0 Å². The minimum atomic E-state index is -0.470. The highest BCUT2D eigenvalue weighted by molar-refractivity contribution is 5.17. The van der Waals surface area contributed by atoms with Crippen LogP contribution < -0.4 is 0 Å². The van der Waals surface area contributed by atoms with Crippen LogP contribution in [0.2, 0.25) is 0 Å². The summed E-state index contributed by atoms with van der Waals surface area (Å²) in [6, 6.07) is 9.72. The van der Waals surface area contributed by atoms with Gasteiger partial charge in [-0.25, -0.2) is 0 Å². The van der Waals surface area contributed by atoms with Crippen molar-refractivity contribution in [1.29, 1.82) is 0 Å². The van der Waals surface area contributed by atoms with Crippen LogP contribution >= 0.6 is 0 Å². The van der Waals surface area contributed by atoms with Gasteiger partial charge in [0.15, 0.2) is 5.79 Å². The van der Waals surface area contributed by atoms with Crippen molar-refractivity contribution in [2.24, 2.45) is 0 Å². The molecule has 1 saturated heterocycles. The molecule has 3 heteroatoms. The normalized spacial score (nSPS) is 24.8. The monoisotopic (exact) mass is 236 g/mol. The molecular weight excluding hydrogens is 216 g/mol. The second kappa shape index (κ2) is 5.17. The van der Waals surface area contributed by atoms with E-state index in [0.717, 1.165) is 12.0 Å². The number of rotatable bonds is 4. The summed E-state index contributed by atoms with van der Waals surface area (Å²) < 4.78 is 11.2. The predicted molar refractivity (Wildman–Crippen MR) is 65.5 cm³/mol. The quantitative estimate of drug-likeness (QED) is 0.873. The Kier molecular flexibility index (Phi) is 3.82. The summed E-state index contributed by atoms with van der Waals surface area (Å²) in [6.45, 7) is 4.45. The number of aliphatic hydroxyl groups excluding tert-OH is 1. The SMILES string of the molecule is CC1(C)OC[C@H](CC[C@H](O)c2ccccc2)O1. The van der Waals surface area contributed by atoms with E-state index in [4.69, 9.17) is 9.47 Å². The molecule has 2 atom stereocenters. The first-order valence-electron chi connectivity index (χ1n) is 6.11. The van der Waals surface area contributed by atoms with Crippen molar-refractivity contribution in [2.75, 3.05) is 6.61 Å². The van der Waals surface area contributed by atoms with Crippen molar-refractivity contribution in [3.63, 3.8) is 0 Å². The van der Waals surface area contributed by atoms with Crippen LogP contribution in [0.3, 0.4) is 0 Å². The number of benzene rings is 1. The van der Waals surface area contributed by atoms with Gasteiger partial charge in [-0.05, 0) is 32.3 Å². The lowest BCUT2D eigenvalue weighted by Crippen LogP contribution is -2.21. The molecule has 1 aromatic carbocycles. The highest BCUT2D eigenvalue weighted by Gasteiger charge is 2.32. The minimum absolute atomic E-state index is 0.100. The van der Waals surface area contributed by atoms with Crippen LogP contribution in [-0.4, -0.2) is 23.6 Å². The Morgan fingerprint density at radius 1 is 1.35 bits per heavy atom. The zero-order valence-electron chi connectivity index (χ0n) is 10.4. The van der Waals surface area contributed by atoms with E-state index < -0.39 is 11.9 Å². The van der Waals surface area contributed by atoms with Gasteiger partial charge >= 0.3 is 0 Å². The van der Waals surface area contributed by atoms with E-state index in [1.54, 1.807) is 0 Å². The third kappa shape index (κ3) is 3.53. The first-order valence-corrected chi connectivity index (χ1v) is 6.11. The second-order valence-electron chi connectivity index (χ2n) is 4.95. The summed E-state index contributed by atoms with van der Waals surface area (Å²) in [4.78, 5) is 0. The fraction of sp³-hybridized carbons (Fsp3) is 0.571. The molecule has 0 amide bonds. The molecule has 0 unspecified atom stereocenters. The van der Waals surface area contributed by atoms with E-state index in [9.17, 15) is 5.11 Å². The van der Waals surface area contributed by atoms with Crippen LogP contribution in [0.15, 0.2) is 30.3 Å². The number of hydrogen-bond acceptors (Lipinski definition) is 3. The average molecular weight is 236 g/mol. The summed E-state index contributed by atoms with van der Waals surface area (Å²) in [7, 11) is 0. The highest BCUT2D eigenvalue weighted by atomic mass is 16.7. The molecule has 17 heavy (non-hydrogen) atoms. The maximum atomic E-state index is 10.0. The zero-order valence-corrected chi connectivity index (χ0v) is 10.4. The molecule has 0 saturated carbocycles. The largest absolute Gasteiger partial charge is 0.388 e. The topological polar surface area (TPSA) is 38.7 Å². The lowest BCUT2D eigenvalue weighted by atomic mass is 10.0. The van der Waals surface area contributed by atoms with Gasteiger partial charge in [0.25, 0.3) is 0 Å². The Morgan fingerprint density at radius 2 is 2.06 bits per heavy atom. The van der Waals surface area contributed by atoms with Crippen LogP contribution in [0.5, 0.6) is 0 Å². The first kappa shape index (κ1) is 12.6. The van der Waals surface area contributed by atoms with E-state index in [1.807, 2.05) is 44.2 Å². The van der Waals surface area contributed by atoms with Crippen LogP contribution in [0.1, 0.15) is 38.4 Å². The molecule has 0 aromatic heterocycles. The standard InChI is InChI=1S/C14H20O3/c1-14(2)16-10-12(17-14)8-9-13(15)11-6-4-3-5-7-11/h3-7,12-13,15H,8-10H2,1-2H3/t12-,13-/m0/s1. The molecule has 1 aliphatic rings. The number of hydrogen-bond donors (Lipinski definition) is 1. The number of ether oxygens (including phenoxy) is 2. The summed E-state index contributed by atoms with van der Waals surface area (Å²) >= 11 is 0. The third-order valence-electron chi connectivity index (χ3n) is 3.01. The van der Waals surface area contributed by atoms with Crippen LogP contribution in [0.4, 0.5) is 0 Å². The molecule has 0 radical (unpaired) electrons. The predicted octanol–water partition coefficient (Wildman–Crippen LogP) is 2.65. The lowest BCUT2D eigenvalue weighted by molar-refractivity contribution is -0.139. The van der Waals surface area contributed by atoms with Gasteiger partial charge < -0.3 is 14.6 Å². The van der Waals surface area contributed by atoms with E-state index in [0.29, 0.717) is 13.0 Å². The first-order chi connectivity index (χ1) is 8.07. The van der Waals surface area contributed by atoms with Gasteiger partial charge in [-0.2, -0.15) is 0 Å². The molecular formula is C14H20O3. The summed E-state index contributed by atoms with van der Waals surface area (Å²) in [5.41, 5.74) is 0.964. The highest BCUT2D eigenvalue weighted by Crippen LogP contribution is 2.27. The van der Waals surface area contributed by atoms with Crippen molar-refractivity contribution in [3.8, 4) is 0 Å². The van der Waals surface area contributed by atoms with Crippen LogP contribution in [0, 0.1) is 0 Å². The Morgan fingerprint density at radius 3 is 2.65 bits per heavy atom. The molecule has 1 fully saturated rings. The molecule has 0 spiro atoms. The van der Waals surface area contributed by atoms with Crippen molar-refractivity contribution < 1.29 is 14.6 Å². The smallest absolute Gasteiger partial charge is 0.163 e. The summed E-state index contributed by atoms with van der Waals surface area (Å²) in [5, 5.41) is 10.0. The van der Waals surface area contributed by atoms with Gasteiger partial charge in [0.2, 0.25) is 0 Å². The molecule has 3 nitrogen and oxygen atoms in total. The molecule has 0 aliphatic carbocycles. The van der Waals surface area contributed by atoms with Crippen molar-refractivity contribution in [1.82, 2.24) is 0 Å². The fourth-order valence-electron chi connectivity index (χ4n) is 2.09. The lowest BCUT2D eigenvalue weighted by Gasteiger charge is -2.18. The zero-order chi connectivity index (χ0) is 12.3. The fourth-order valence-corrected chi connectivity index (χ4v) is 2.09. The second-order valence-corrected chi connectivity index (χ2v) is 4.95. The third-order valence-corrected chi connectivity index (χ3v) is 3.01. The van der Waals surface area contributed by atoms with Crippen molar-refractivity contribution in [2.45, 2.75) is 44.7 Å². The molecule has 0 bridgehead atoms. The van der Waals surface area contributed by atoms with Gasteiger partial charge in [-0.1, -0.05) is 30.3 Å². The van der Waals surface area contributed by atoms with Gasteiger partial charge in [0.05, 0.1) is 18.8 Å². The van der Waals surface area contributed by atoms with Crippen LogP contribution in [-0.2, 0) is 9.47 Å².